The molecule has 0 aliphatic heterocycles. The number of rotatable bonds is 11. The summed E-state index contributed by atoms with van der Waals surface area (Å²) in [5.41, 5.74) is 1.34. The van der Waals surface area contributed by atoms with Crippen LogP contribution in [0.25, 0.3) is 0 Å². The van der Waals surface area contributed by atoms with Crippen molar-refractivity contribution in [2.24, 2.45) is 0 Å². The van der Waals surface area contributed by atoms with Gasteiger partial charge in [0.2, 0.25) is 0 Å². The zero-order valence-corrected chi connectivity index (χ0v) is 18.5. The fourth-order valence-electron chi connectivity index (χ4n) is 3.47. The van der Waals surface area contributed by atoms with E-state index < -0.39 is 18.4 Å². The van der Waals surface area contributed by atoms with E-state index in [1.165, 1.54) is 44.2 Å². The second-order valence-electron chi connectivity index (χ2n) is 7.03. The molecule has 22 heavy (non-hydrogen) atoms. The zero-order chi connectivity index (χ0) is 16.4. The van der Waals surface area contributed by atoms with Crippen molar-refractivity contribution < 1.29 is 0 Å². The van der Waals surface area contributed by atoms with Crippen LogP contribution >= 0.6 is 0 Å². The van der Waals surface area contributed by atoms with Crippen LogP contribution in [-0.4, -0.2) is 32.5 Å². The Balaban J connectivity index is 3.07. The Hall–Kier alpha value is -0.181. The van der Waals surface area contributed by atoms with Gasteiger partial charge in [0.1, 0.15) is 0 Å². The Morgan fingerprint density at radius 3 is 1.45 bits per heavy atom. The van der Waals surface area contributed by atoms with Gasteiger partial charge in [0.05, 0.1) is 0 Å². The van der Waals surface area contributed by atoms with Crippen molar-refractivity contribution >= 4 is 27.6 Å². The third-order valence-corrected chi connectivity index (χ3v) is 20.7. The number of benzene rings is 1. The molecule has 0 heterocycles. The van der Waals surface area contributed by atoms with Gasteiger partial charge in [-0.1, -0.05) is 0 Å². The number of nitrogens with zero attached hydrogens (tertiary/aromatic N) is 1. The van der Waals surface area contributed by atoms with E-state index in [4.69, 9.17) is 0 Å². The maximum atomic E-state index is 2.49. The molecule has 0 spiro atoms. The number of hydrogen-bond donors (Lipinski definition) is 0. The first kappa shape index (κ1) is 19.9. The fourth-order valence-corrected chi connectivity index (χ4v) is 19.4. The van der Waals surface area contributed by atoms with Gasteiger partial charge >= 0.3 is 144 Å². The van der Waals surface area contributed by atoms with Gasteiger partial charge in [0, 0.05) is 0 Å². The maximum absolute atomic E-state index is 2.49. The van der Waals surface area contributed by atoms with Crippen LogP contribution in [0.5, 0.6) is 0 Å². The quantitative estimate of drug-likeness (QED) is 0.417. The molecule has 1 aromatic carbocycles. The summed E-state index contributed by atoms with van der Waals surface area (Å²) in [7, 11) is 4.27. The molecule has 0 unspecified atom stereocenters. The van der Waals surface area contributed by atoms with Crippen molar-refractivity contribution in [2.45, 2.75) is 72.6 Å². The molecule has 0 radical (unpaired) electrons. The molecule has 126 valence electrons. The van der Waals surface area contributed by atoms with Gasteiger partial charge in [0.15, 0.2) is 0 Å². The van der Waals surface area contributed by atoms with E-state index in [2.05, 4.69) is 64.0 Å². The Labute approximate surface area is 143 Å². The van der Waals surface area contributed by atoms with Crippen LogP contribution in [0, 0.1) is 0 Å². The molecule has 0 N–H and O–H groups in total. The molecular formula is C20H37NSn. The molecule has 0 amide bonds. The van der Waals surface area contributed by atoms with Gasteiger partial charge in [-0.15, -0.1) is 0 Å². The summed E-state index contributed by atoms with van der Waals surface area (Å²) in [5, 5.41) is 0. The Morgan fingerprint density at radius 2 is 1.14 bits per heavy atom. The second-order valence-corrected chi connectivity index (χ2v) is 20.3. The molecule has 0 aromatic heterocycles. The van der Waals surface area contributed by atoms with Crippen molar-refractivity contribution in [2.75, 3.05) is 19.0 Å². The Kier molecular flexibility index (Phi) is 9.54. The summed E-state index contributed by atoms with van der Waals surface area (Å²) in [6, 6.07) is 9.69. The van der Waals surface area contributed by atoms with Crippen LogP contribution in [0.3, 0.4) is 0 Å². The molecule has 1 nitrogen and oxygen atoms in total. The Morgan fingerprint density at radius 1 is 0.727 bits per heavy atom. The molecule has 0 aliphatic carbocycles. The fraction of sp³-hybridized carbons (Fsp3) is 0.700. The first-order chi connectivity index (χ1) is 10.6. The third-order valence-electron chi connectivity index (χ3n) is 5.02. The van der Waals surface area contributed by atoms with Crippen molar-refractivity contribution in [1.82, 2.24) is 0 Å². The van der Waals surface area contributed by atoms with E-state index in [9.17, 15) is 0 Å². The van der Waals surface area contributed by atoms with E-state index in [0.29, 0.717) is 0 Å². The summed E-state index contributed by atoms with van der Waals surface area (Å²) in [6.07, 6.45) is 8.39. The molecule has 0 bridgehead atoms. The molecule has 1 aromatic rings. The number of anilines is 1. The Bertz CT molecular complexity index is 375. The van der Waals surface area contributed by atoms with E-state index in [0.717, 1.165) is 0 Å². The second kappa shape index (κ2) is 10.6. The SMILES string of the molecule is CCC[CH2][Sn]([CH2]CCC)([CH2]CCC)[c]1ccc(N(C)C)cc1. The van der Waals surface area contributed by atoms with Gasteiger partial charge in [-0.3, -0.25) is 0 Å². The van der Waals surface area contributed by atoms with Crippen molar-refractivity contribution in [3.05, 3.63) is 24.3 Å². The molecule has 0 fully saturated rings. The molecule has 1 rings (SSSR count). The molecule has 0 atom stereocenters. The molecule has 2 heteroatoms. The summed E-state index contributed by atoms with van der Waals surface area (Å²) < 4.78 is 6.47. The van der Waals surface area contributed by atoms with E-state index in [1.54, 1.807) is 16.9 Å². The minimum absolute atomic E-state index is 1.34. The van der Waals surface area contributed by atoms with Crippen LogP contribution < -0.4 is 8.48 Å². The van der Waals surface area contributed by atoms with Crippen LogP contribution in [0.15, 0.2) is 24.3 Å². The van der Waals surface area contributed by atoms with Crippen molar-refractivity contribution in [3.63, 3.8) is 0 Å². The van der Waals surface area contributed by atoms with E-state index in [1.807, 2.05) is 0 Å². The minimum atomic E-state index is -2.19. The average molecular weight is 410 g/mol. The van der Waals surface area contributed by atoms with Gasteiger partial charge in [0.25, 0.3) is 0 Å². The predicted octanol–water partition coefficient (Wildman–Crippen LogP) is 5.81. The number of hydrogen-bond acceptors (Lipinski definition) is 1. The molecule has 0 saturated heterocycles. The summed E-state index contributed by atoms with van der Waals surface area (Å²) >= 11 is -2.19. The van der Waals surface area contributed by atoms with Crippen LogP contribution in [0.2, 0.25) is 13.3 Å². The predicted molar refractivity (Wildman–Crippen MR) is 105 cm³/mol. The first-order valence-corrected chi connectivity index (χ1v) is 16.9. The van der Waals surface area contributed by atoms with Gasteiger partial charge in [-0.2, -0.15) is 0 Å². The molecular weight excluding hydrogens is 373 g/mol. The van der Waals surface area contributed by atoms with E-state index in [-0.39, 0.29) is 0 Å². The zero-order valence-electron chi connectivity index (χ0n) is 15.6. The normalized spacial score (nSPS) is 11.7. The monoisotopic (exact) mass is 411 g/mol. The summed E-state index contributed by atoms with van der Waals surface area (Å²) in [4.78, 5) is 2.21. The molecule has 0 saturated carbocycles. The van der Waals surface area contributed by atoms with Gasteiger partial charge in [-0.25, -0.2) is 0 Å². The van der Waals surface area contributed by atoms with Crippen molar-refractivity contribution in [1.29, 1.82) is 0 Å². The van der Waals surface area contributed by atoms with Crippen LogP contribution in [0.1, 0.15) is 59.3 Å². The summed E-state index contributed by atoms with van der Waals surface area (Å²) in [5.74, 6) is 0. The van der Waals surface area contributed by atoms with E-state index >= 15 is 0 Å². The van der Waals surface area contributed by atoms with Crippen LogP contribution in [-0.2, 0) is 0 Å². The standard InChI is InChI=1S/C8H10N.3C4H9.Sn/c1-9(2)8-6-4-3-5-7-8;3*1-3-4-2;/h4-7H,1-2H3;3*1,3-4H2,2H3;. The first-order valence-electron chi connectivity index (χ1n) is 9.37. The summed E-state index contributed by atoms with van der Waals surface area (Å²) in [6.45, 7) is 7.06. The van der Waals surface area contributed by atoms with Gasteiger partial charge < -0.3 is 0 Å². The average Bonchev–Trinajstić information content (AvgIpc) is 2.54. The van der Waals surface area contributed by atoms with Gasteiger partial charge in [-0.05, 0) is 0 Å². The number of unbranched alkanes of at least 4 members (excludes halogenated alkanes) is 3. The van der Waals surface area contributed by atoms with Crippen LogP contribution in [0.4, 0.5) is 5.69 Å². The van der Waals surface area contributed by atoms with Crippen molar-refractivity contribution in [3.8, 4) is 0 Å². The topological polar surface area (TPSA) is 3.24 Å². The third kappa shape index (κ3) is 5.79. The molecule has 0 aliphatic rings.